The van der Waals surface area contributed by atoms with E-state index < -0.39 is 60.1 Å². The summed E-state index contributed by atoms with van der Waals surface area (Å²) >= 11 is 0. The molecule has 2 amide bonds. The molecule has 0 saturated heterocycles. The molecule has 48 heavy (non-hydrogen) atoms. The molecule has 252 valence electrons. The fourth-order valence-corrected chi connectivity index (χ4v) is 5.98. The van der Waals surface area contributed by atoms with Crippen molar-refractivity contribution >= 4 is 22.7 Å². The van der Waals surface area contributed by atoms with Crippen LogP contribution in [-0.2, 0) is 15.8 Å². The molecule has 9 nitrogen and oxygen atoms in total. The molecule has 1 saturated carbocycles. The van der Waals surface area contributed by atoms with Crippen LogP contribution in [-0.4, -0.2) is 59.2 Å². The highest BCUT2D eigenvalue weighted by molar-refractivity contribution is 6.00. The van der Waals surface area contributed by atoms with Gasteiger partial charge in [-0.05, 0) is 79.8 Å². The zero-order chi connectivity index (χ0) is 34.6. The molecule has 4 N–H and O–H groups in total. The molecule has 1 aliphatic carbocycles. The lowest BCUT2D eigenvalue weighted by Crippen LogP contribution is -2.52. The number of hydrogen-bond donors (Lipinski definition) is 3. The van der Waals surface area contributed by atoms with Gasteiger partial charge in [-0.2, -0.15) is 13.2 Å². The lowest BCUT2D eigenvalue weighted by atomic mass is 9.76. The number of carbonyl (C=O) groups excluding carboxylic acids is 2. The third-order valence-electron chi connectivity index (χ3n) is 8.64. The highest BCUT2D eigenvalue weighted by Crippen LogP contribution is 2.56. The molecule has 0 bridgehead atoms. The summed E-state index contributed by atoms with van der Waals surface area (Å²) in [5.41, 5.74) is -0.0170. The Kier molecular flexibility index (Phi) is 8.22. The first-order valence-electron chi connectivity index (χ1n) is 14.8. The lowest BCUT2D eigenvalue weighted by molar-refractivity contribution is -0.265. The summed E-state index contributed by atoms with van der Waals surface area (Å²) < 4.78 is 95.3. The molecule has 15 heteroatoms. The topological polar surface area (TPSA) is 137 Å². The van der Waals surface area contributed by atoms with E-state index in [4.69, 9.17) is 15.2 Å². The second-order valence-corrected chi connectivity index (χ2v) is 11.9. The van der Waals surface area contributed by atoms with Gasteiger partial charge in [0.2, 0.25) is 11.5 Å². The molecule has 1 aliphatic heterocycles. The molecule has 4 aromatic rings. The zero-order valence-electron chi connectivity index (χ0n) is 25.2. The van der Waals surface area contributed by atoms with Crippen LogP contribution in [0.5, 0.6) is 11.5 Å². The lowest BCUT2D eigenvalue weighted by Gasteiger charge is -2.32. The van der Waals surface area contributed by atoms with Crippen molar-refractivity contribution in [2.75, 3.05) is 19.8 Å². The number of fused-ring (bicyclic) bond motifs is 2. The number of halogens is 6. The minimum Gasteiger partial charge on any atom is -0.489 e. The van der Waals surface area contributed by atoms with Gasteiger partial charge in [-0.3, -0.25) is 14.6 Å². The second-order valence-electron chi connectivity index (χ2n) is 11.9. The predicted molar refractivity (Wildman–Crippen MR) is 159 cm³/mol. The monoisotopic (exact) mass is 674 g/mol. The molecule has 1 fully saturated rings. The molecule has 6 rings (SSSR count). The number of aromatic nitrogens is 2. The highest BCUT2D eigenvalue weighted by Gasteiger charge is 2.60. The zero-order valence-corrected chi connectivity index (χ0v) is 25.2. The van der Waals surface area contributed by atoms with Gasteiger partial charge in [-0.1, -0.05) is 0 Å². The minimum atomic E-state index is -5.44. The van der Waals surface area contributed by atoms with E-state index in [-0.39, 0.29) is 51.9 Å². The summed E-state index contributed by atoms with van der Waals surface area (Å²) in [7, 11) is 0. The van der Waals surface area contributed by atoms with Gasteiger partial charge in [-0.25, -0.2) is 18.2 Å². The summed E-state index contributed by atoms with van der Waals surface area (Å²) in [5, 5.41) is 13.8. The fraction of sp³-hybridized carbons (Fsp3) is 0.333. The first kappa shape index (κ1) is 33.0. The summed E-state index contributed by atoms with van der Waals surface area (Å²) in [5.74, 6) is -3.12. The number of rotatable bonds is 10. The van der Waals surface area contributed by atoms with Gasteiger partial charge in [-0.15, -0.1) is 0 Å². The van der Waals surface area contributed by atoms with Crippen molar-refractivity contribution in [3.05, 3.63) is 82.9 Å². The number of amides is 2. The number of carbonyl (C=O) groups is 2. The molecule has 0 spiro atoms. The summed E-state index contributed by atoms with van der Waals surface area (Å²) in [4.78, 5) is 34.5. The first-order valence-corrected chi connectivity index (χ1v) is 14.8. The van der Waals surface area contributed by atoms with Crippen LogP contribution in [0.4, 0.5) is 26.3 Å². The Bertz CT molecular complexity index is 1920. The molecular formula is C33H28F6N4O5. The molecule has 3 heterocycles. The summed E-state index contributed by atoms with van der Waals surface area (Å²) in [6.07, 6.45) is -5.74. The number of hydrogen-bond acceptors (Lipinski definition) is 7. The van der Waals surface area contributed by atoms with Crippen LogP contribution in [0, 0.1) is 18.7 Å². The average molecular weight is 675 g/mol. The smallest absolute Gasteiger partial charge is 0.424 e. The van der Waals surface area contributed by atoms with Crippen molar-refractivity contribution in [2.45, 2.75) is 43.4 Å². The van der Waals surface area contributed by atoms with Crippen LogP contribution in [0.2, 0.25) is 0 Å². The Morgan fingerprint density at radius 2 is 1.85 bits per heavy atom. The van der Waals surface area contributed by atoms with Gasteiger partial charge >= 0.3 is 6.18 Å². The van der Waals surface area contributed by atoms with E-state index in [1.165, 1.54) is 24.4 Å². The van der Waals surface area contributed by atoms with E-state index in [0.29, 0.717) is 23.8 Å². The van der Waals surface area contributed by atoms with Gasteiger partial charge in [0.05, 0.1) is 12.2 Å². The van der Waals surface area contributed by atoms with Gasteiger partial charge < -0.3 is 25.6 Å². The van der Waals surface area contributed by atoms with E-state index in [2.05, 4.69) is 15.3 Å². The van der Waals surface area contributed by atoms with Crippen molar-refractivity contribution in [2.24, 2.45) is 11.7 Å². The predicted octanol–water partition coefficient (Wildman–Crippen LogP) is 5.09. The van der Waals surface area contributed by atoms with E-state index >= 15 is 0 Å². The molecule has 2 aliphatic rings. The third kappa shape index (κ3) is 5.76. The van der Waals surface area contributed by atoms with Crippen LogP contribution < -0.4 is 20.5 Å². The highest BCUT2D eigenvalue weighted by atomic mass is 19.4. The van der Waals surface area contributed by atoms with Gasteiger partial charge in [0.25, 0.3) is 12.3 Å². The maximum absolute atomic E-state index is 14.9. The van der Waals surface area contributed by atoms with Crippen LogP contribution in [0.3, 0.4) is 0 Å². The first-order chi connectivity index (χ1) is 22.6. The van der Waals surface area contributed by atoms with Crippen LogP contribution in [0.25, 0.3) is 22.2 Å². The average Bonchev–Trinajstić information content (AvgIpc) is 3.81. The maximum atomic E-state index is 14.9. The number of primary amides is 1. The number of aryl methyl sites for hydroxylation is 1. The van der Waals surface area contributed by atoms with Crippen molar-refractivity contribution < 1.29 is 50.5 Å². The van der Waals surface area contributed by atoms with Crippen LogP contribution >= 0.6 is 0 Å². The van der Waals surface area contributed by atoms with Gasteiger partial charge in [0.15, 0.2) is 0 Å². The van der Waals surface area contributed by atoms with E-state index in [0.717, 1.165) is 24.3 Å². The Morgan fingerprint density at radius 1 is 1.15 bits per heavy atom. The van der Waals surface area contributed by atoms with E-state index in [1.54, 1.807) is 13.0 Å². The maximum Gasteiger partial charge on any atom is 0.424 e. The van der Waals surface area contributed by atoms with Crippen LogP contribution in [0.1, 0.15) is 40.0 Å². The summed E-state index contributed by atoms with van der Waals surface area (Å²) in [6.45, 7) is -1.06. The molecule has 2 atom stereocenters. The number of pyridine rings is 2. The Balaban J connectivity index is 1.42. The third-order valence-corrected chi connectivity index (χ3v) is 8.64. The van der Waals surface area contributed by atoms with Crippen molar-refractivity contribution in [1.82, 2.24) is 15.3 Å². The van der Waals surface area contributed by atoms with E-state index in [1.807, 2.05) is 0 Å². The molecular weight excluding hydrogens is 646 g/mol. The quantitative estimate of drug-likeness (QED) is 0.199. The standard InChI is InChI=1S/C33H28F6N4O5/c1-16-8-18-9-19(10-23(26(18)41-12-16)47-13-25(35)36)29(44)42-14-32(46,33(37,38)39)24-11-22-28(27(43-24)17-2-6-21(34)7-3-17)48-15-31(22,30(40)45)20-4-5-20/h2-3,6-12,20,25,46H,4-5,13-15H2,1H3,(H2,40,45)(H,42,44)/t31-,32?/m1/s1. The number of nitrogens with one attached hydrogen (secondary N) is 1. The molecule has 2 aromatic heterocycles. The second kappa shape index (κ2) is 12.0. The van der Waals surface area contributed by atoms with Gasteiger partial charge in [0, 0.05) is 28.3 Å². The fourth-order valence-electron chi connectivity index (χ4n) is 5.98. The van der Waals surface area contributed by atoms with Gasteiger partial charge in [0.1, 0.15) is 47.2 Å². The molecule has 0 radical (unpaired) electrons. The van der Waals surface area contributed by atoms with Crippen molar-refractivity contribution in [3.8, 4) is 22.8 Å². The van der Waals surface area contributed by atoms with Crippen molar-refractivity contribution in [1.29, 1.82) is 0 Å². The van der Waals surface area contributed by atoms with Crippen LogP contribution in [0.15, 0.2) is 54.7 Å². The minimum absolute atomic E-state index is 0.00551. The van der Waals surface area contributed by atoms with E-state index in [9.17, 15) is 41.0 Å². The normalized spacial score (nSPS) is 18.7. The van der Waals surface area contributed by atoms with Crippen molar-refractivity contribution in [3.63, 3.8) is 0 Å². The SMILES string of the molecule is Cc1cnc2c(OCC(F)F)cc(C(=O)NCC(O)(c3cc4c(c(-c5ccc(F)cc5)n3)OC[C@@]4(C(N)=O)C3CC3)C(F)(F)F)cc2c1. The Hall–Kier alpha value is -4.92. The number of ether oxygens (including phenoxy) is 2. The number of benzene rings is 2. The molecule has 1 unspecified atom stereocenters. The summed E-state index contributed by atoms with van der Waals surface area (Å²) in [6, 6.07) is 9.48. The molecule has 2 aromatic carbocycles. The number of nitrogens with zero attached hydrogens (tertiary/aromatic N) is 2. The number of nitrogens with two attached hydrogens (primary N) is 1. The number of alkyl halides is 5. The Labute approximate surface area is 269 Å². The number of aliphatic hydroxyl groups is 1. The largest absolute Gasteiger partial charge is 0.489 e. The Morgan fingerprint density at radius 3 is 2.48 bits per heavy atom.